The number of anilines is 1. The van der Waals surface area contributed by atoms with Gasteiger partial charge in [0.25, 0.3) is 16.4 Å². The topological polar surface area (TPSA) is 71.2 Å². The Hall–Kier alpha value is -3.08. The third kappa shape index (κ3) is 4.67. The molecule has 29 heavy (non-hydrogen) atoms. The number of rotatable bonds is 7. The van der Waals surface area contributed by atoms with E-state index in [1.165, 1.54) is 24.4 Å². The Bertz CT molecular complexity index is 1130. The van der Waals surface area contributed by atoms with Crippen molar-refractivity contribution >= 4 is 15.7 Å². The molecule has 3 rings (SSSR count). The Morgan fingerprint density at radius 1 is 1.03 bits per heavy atom. The number of benzene rings is 2. The van der Waals surface area contributed by atoms with Crippen molar-refractivity contribution in [3.63, 3.8) is 0 Å². The largest absolute Gasteiger partial charge is 0.484 e. The lowest BCUT2D eigenvalue weighted by atomic mass is 10.1. The maximum absolute atomic E-state index is 14.2. The summed E-state index contributed by atoms with van der Waals surface area (Å²) in [4.78, 5) is 2.24. The first-order valence-electron chi connectivity index (χ1n) is 8.03. The molecule has 2 aromatic carbocycles. The highest BCUT2D eigenvalue weighted by Gasteiger charge is 2.23. The molecule has 0 saturated carbocycles. The van der Waals surface area contributed by atoms with E-state index in [1.807, 2.05) is 4.72 Å². The molecular weight excluding hydrogens is 419 g/mol. The first-order valence-corrected chi connectivity index (χ1v) is 9.51. The number of alkyl halides is 2. The van der Waals surface area contributed by atoms with Gasteiger partial charge in [0.2, 0.25) is 0 Å². The third-order valence-corrected chi connectivity index (χ3v) is 5.17. The van der Waals surface area contributed by atoms with Crippen molar-refractivity contribution in [1.29, 1.82) is 0 Å². The zero-order valence-corrected chi connectivity index (χ0v) is 15.2. The molecule has 154 valence electrons. The zero-order chi connectivity index (χ0) is 21.2. The maximum atomic E-state index is 14.2. The molecular formula is C18H13F5N2O3S. The van der Waals surface area contributed by atoms with Gasteiger partial charge in [0.05, 0.1) is 5.69 Å². The summed E-state index contributed by atoms with van der Waals surface area (Å²) in [6.45, 7) is -1.15. The van der Waals surface area contributed by atoms with Crippen LogP contribution in [-0.4, -0.2) is 26.4 Å². The van der Waals surface area contributed by atoms with Crippen LogP contribution in [-0.2, 0) is 10.0 Å². The molecule has 0 spiro atoms. The standard InChI is InChI=1S/C18H13F5N2O3S/c19-11-3-1-2-10(4-11)12-7-24-8-17(12)29(26,27)25-15-5-14(21)16(6-13(15)20)28-9-18(22)23/h1-8,18,24-25H,9H2. The molecule has 0 fully saturated rings. The van der Waals surface area contributed by atoms with Crippen LogP contribution in [0.2, 0.25) is 0 Å². The second-order valence-corrected chi connectivity index (χ2v) is 7.46. The minimum atomic E-state index is -4.41. The summed E-state index contributed by atoms with van der Waals surface area (Å²) in [7, 11) is -4.41. The Morgan fingerprint density at radius 3 is 2.48 bits per heavy atom. The van der Waals surface area contributed by atoms with Crippen molar-refractivity contribution < 1.29 is 35.1 Å². The summed E-state index contributed by atoms with van der Waals surface area (Å²) in [5.74, 6) is -3.84. The number of nitrogens with one attached hydrogen (secondary N) is 2. The molecule has 0 aliphatic heterocycles. The van der Waals surface area contributed by atoms with Gasteiger partial charge in [0.15, 0.2) is 17.4 Å². The Balaban J connectivity index is 1.91. The fourth-order valence-corrected chi connectivity index (χ4v) is 3.77. The van der Waals surface area contributed by atoms with Gasteiger partial charge in [-0.1, -0.05) is 12.1 Å². The molecule has 2 N–H and O–H groups in total. The van der Waals surface area contributed by atoms with Crippen LogP contribution in [0.5, 0.6) is 5.75 Å². The summed E-state index contributed by atoms with van der Waals surface area (Å²) in [5.41, 5.74) is -0.401. The number of sulfonamides is 1. The van der Waals surface area contributed by atoms with E-state index in [4.69, 9.17) is 0 Å². The third-order valence-electron chi connectivity index (χ3n) is 3.76. The fraction of sp³-hybridized carbons (Fsp3) is 0.111. The molecule has 0 aliphatic rings. The predicted molar refractivity (Wildman–Crippen MR) is 94.9 cm³/mol. The van der Waals surface area contributed by atoms with Crippen LogP contribution in [0.4, 0.5) is 27.6 Å². The van der Waals surface area contributed by atoms with E-state index >= 15 is 0 Å². The average Bonchev–Trinajstić information content (AvgIpc) is 3.14. The monoisotopic (exact) mass is 432 g/mol. The Morgan fingerprint density at radius 2 is 1.79 bits per heavy atom. The summed E-state index contributed by atoms with van der Waals surface area (Å²) in [6.07, 6.45) is -0.496. The lowest BCUT2D eigenvalue weighted by molar-refractivity contribution is 0.0797. The van der Waals surface area contributed by atoms with Gasteiger partial charge in [-0.2, -0.15) is 0 Å². The van der Waals surface area contributed by atoms with Gasteiger partial charge < -0.3 is 9.72 Å². The molecule has 0 saturated heterocycles. The fourth-order valence-electron chi connectivity index (χ4n) is 2.52. The van der Waals surface area contributed by atoms with Gasteiger partial charge in [-0.05, 0) is 17.7 Å². The van der Waals surface area contributed by atoms with Crippen LogP contribution in [0, 0.1) is 17.5 Å². The SMILES string of the molecule is O=S(=O)(Nc1cc(F)c(OCC(F)F)cc1F)c1c[nH]cc1-c1cccc(F)c1. The highest BCUT2D eigenvalue weighted by atomic mass is 32.2. The van der Waals surface area contributed by atoms with E-state index < -0.39 is 51.9 Å². The number of hydrogen-bond donors (Lipinski definition) is 2. The molecule has 0 unspecified atom stereocenters. The molecule has 3 aromatic rings. The average molecular weight is 432 g/mol. The lowest BCUT2D eigenvalue weighted by Gasteiger charge is -2.12. The molecule has 0 aliphatic carbocycles. The molecule has 0 radical (unpaired) electrons. The number of aromatic nitrogens is 1. The van der Waals surface area contributed by atoms with Gasteiger partial charge in [-0.15, -0.1) is 0 Å². The normalized spacial score (nSPS) is 11.7. The van der Waals surface area contributed by atoms with Crippen LogP contribution in [0.1, 0.15) is 0 Å². The van der Waals surface area contributed by atoms with E-state index in [9.17, 15) is 30.4 Å². The summed E-state index contributed by atoms with van der Waals surface area (Å²) in [6, 6.07) is 6.08. The maximum Gasteiger partial charge on any atom is 0.272 e. The molecule has 0 bridgehead atoms. The highest BCUT2D eigenvalue weighted by Crippen LogP contribution is 2.31. The molecule has 0 amide bonds. The second-order valence-electron chi connectivity index (χ2n) is 5.81. The number of hydrogen-bond acceptors (Lipinski definition) is 3. The van der Waals surface area contributed by atoms with Gasteiger partial charge in [0.1, 0.15) is 17.3 Å². The van der Waals surface area contributed by atoms with E-state index in [-0.39, 0.29) is 16.0 Å². The van der Waals surface area contributed by atoms with Crippen molar-refractivity contribution in [2.45, 2.75) is 11.3 Å². The molecule has 1 aromatic heterocycles. The van der Waals surface area contributed by atoms with E-state index in [2.05, 4.69) is 9.72 Å². The number of H-pyrrole nitrogens is 1. The summed E-state index contributed by atoms with van der Waals surface area (Å²) in [5, 5.41) is 0. The first-order chi connectivity index (χ1) is 13.7. The van der Waals surface area contributed by atoms with Crippen molar-refractivity contribution in [3.05, 3.63) is 66.2 Å². The minimum Gasteiger partial charge on any atom is -0.484 e. The van der Waals surface area contributed by atoms with Gasteiger partial charge in [0, 0.05) is 30.1 Å². The van der Waals surface area contributed by atoms with E-state index in [0.29, 0.717) is 12.1 Å². The Labute approximate surface area is 162 Å². The van der Waals surface area contributed by atoms with Crippen molar-refractivity contribution in [2.24, 2.45) is 0 Å². The number of aromatic amines is 1. The van der Waals surface area contributed by atoms with Crippen LogP contribution >= 0.6 is 0 Å². The lowest BCUT2D eigenvalue weighted by Crippen LogP contribution is -2.15. The van der Waals surface area contributed by atoms with Crippen molar-refractivity contribution in [3.8, 4) is 16.9 Å². The smallest absolute Gasteiger partial charge is 0.272 e. The summed E-state index contributed by atoms with van der Waals surface area (Å²) >= 11 is 0. The van der Waals surface area contributed by atoms with Crippen molar-refractivity contribution in [2.75, 3.05) is 11.3 Å². The molecule has 0 atom stereocenters. The first kappa shape index (κ1) is 20.6. The predicted octanol–water partition coefficient (Wildman–Crippen LogP) is 4.54. The minimum absolute atomic E-state index is 0.106. The van der Waals surface area contributed by atoms with Crippen molar-refractivity contribution in [1.82, 2.24) is 4.98 Å². The second kappa shape index (κ2) is 8.11. The zero-order valence-electron chi connectivity index (χ0n) is 14.4. The molecule has 11 heteroatoms. The van der Waals surface area contributed by atoms with Crippen LogP contribution in [0.25, 0.3) is 11.1 Å². The number of ether oxygens (including phenoxy) is 1. The van der Waals surface area contributed by atoms with Gasteiger partial charge in [-0.3, -0.25) is 4.72 Å². The quantitative estimate of drug-likeness (QED) is 0.539. The Kier molecular flexibility index (Phi) is 5.78. The highest BCUT2D eigenvalue weighted by molar-refractivity contribution is 7.92. The van der Waals surface area contributed by atoms with Gasteiger partial charge >= 0.3 is 0 Å². The number of halogens is 5. The molecule has 1 heterocycles. The molecule has 5 nitrogen and oxygen atoms in total. The van der Waals surface area contributed by atoms with E-state index in [1.54, 1.807) is 0 Å². The van der Waals surface area contributed by atoms with Crippen LogP contribution < -0.4 is 9.46 Å². The van der Waals surface area contributed by atoms with E-state index in [0.717, 1.165) is 12.3 Å². The van der Waals surface area contributed by atoms with Crippen LogP contribution in [0.3, 0.4) is 0 Å². The van der Waals surface area contributed by atoms with Gasteiger partial charge in [-0.25, -0.2) is 30.4 Å². The summed E-state index contributed by atoms with van der Waals surface area (Å²) < 4.78 is 97.6. The van der Waals surface area contributed by atoms with Crippen LogP contribution in [0.15, 0.2) is 53.7 Å².